The quantitative estimate of drug-likeness (QED) is 0.586. The number of hydrogen-bond donors (Lipinski definition) is 0. The predicted molar refractivity (Wildman–Crippen MR) is 61.9 cm³/mol. The van der Waals surface area contributed by atoms with Gasteiger partial charge < -0.3 is 0 Å². The van der Waals surface area contributed by atoms with Gasteiger partial charge in [0, 0.05) is 0 Å². The van der Waals surface area contributed by atoms with E-state index in [0.29, 0.717) is 10.8 Å². The van der Waals surface area contributed by atoms with Crippen molar-refractivity contribution in [1.82, 2.24) is 0 Å². The maximum Gasteiger partial charge on any atom is -0.0357 e. The van der Waals surface area contributed by atoms with Gasteiger partial charge in [-0.3, -0.25) is 0 Å². The monoisotopic (exact) mass is 184 g/mol. The minimum absolute atomic E-state index is 0.484. The second kappa shape index (κ2) is 4.48. The van der Waals surface area contributed by atoms with Crippen LogP contribution in [0, 0.1) is 16.7 Å². The van der Waals surface area contributed by atoms with E-state index in [0.717, 1.165) is 5.92 Å². The highest BCUT2D eigenvalue weighted by Crippen LogP contribution is 2.31. The van der Waals surface area contributed by atoms with Crippen LogP contribution in [0.3, 0.4) is 0 Å². The molecule has 0 aromatic rings. The fourth-order valence-corrected chi connectivity index (χ4v) is 1.37. The third-order valence-corrected chi connectivity index (χ3v) is 3.04. The van der Waals surface area contributed by atoms with E-state index in [-0.39, 0.29) is 0 Å². The van der Waals surface area contributed by atoms with Crippen LogP contribution in [0.15, 0.2) is 0 Å². The average molecular weight is 184 g/mol. The SMILES string of the molecule is C[C@@H](CCCC(C)(C)C)C(C)(C)C. The molecule has 0 heteroatoms. The molecule has 80 valence electrons. The van der Waals surface area contributed by atoms with Gasteiger partial charge in [-0.2, -0.15) is 0 Å². The summed E-state index contributed by atoms with van der Waals surface area (Å²) in [6.45, 7) is 16.4. The van der Waals surface area contributed by atoms with Crippen molar-refractivity contribution in [2.24, 2.45) is 16.7 Å². The lowest BCUT2D eigenvalue weighted by Gasteiger charge is -2.28. The summed E-state index contributed by atoms with van der Waals surface area (Å²) < 4.78 is 0. The third-order valence-electron chi connectivity index (χ3n) is 3.04. The first-order valence-electron chi connectivity index (χ1n) is 5.63. The van der Waals surface area contributed by atoms with Gasteiger partial charge in [-0.25, -0.2) is 0 Å². The molecule has 0 nitrogen and oxygen atoms in total. The van der Waals surface area contributed by atoms with Crippen LogP contribution in [-0.2, 0) is 0 Å². The lowest BCUT2D eigenvalue weighted by atomic mass is 9.78. The van der Waals surface area contributed by atoms with Gasteiger partial charge >= 0.3 is 0 Å². The van der Waals surface area contributed by atoms with Crippen LogP contribution in [0.5, 0.6) is 0 Å². The Morgan fingerprint density at radius 1 is 0.923 bits per heavy atom. The fourth-order valence-electron chi connectivity index (χ4n) is 1.37. The first-order valence-corrected chi connectivity index (χ1v) is 5.63. The van der Waals surface area contributed by atoms with Crippen molar-refractivity contribution in [3.63, 3.8) is 0 Å². The lowest BCUT2D eigenvalue weighted by Crippen LogP contribution is -2.17. The Morgan fingerprint density at radius 2 is 1.38 bits per heavy atom. The molecule has 0 rings (SSSR count). The van der Waals surface area contributed by atoms with Crippen LogP contribution in [0.25, 0.3) is 0 Å². The van der Waals surface area contributed by atoms with E-state index in [9.17, 15) is 0 Å². The molecule has 0 aromatic carbocycles. The summed E-state index contributed by atoms with van der Waals surface area (Å²) in [5, 5.41) is 0. The molecule has 0 unspecified atom stereocenters. The highest BCUT2D eigenvalue weighted by molar-refractivity contribution is 4.71. The summed E-state index contributed by atoms with van der Waals surface area (Å²) in [6, 6.07) is 0. The Balaban J connectivity index is 3.67. The maximum atomic E-state index is 2.38. The van der Waals surface area contributed by atoms with Crippen molar-refractivity contribution >= 4 is 0 Å². The normalized spacial score (nSPS) is 15.9. The van der Waals surface area contributed by atoms with Crippen molar-refractivity contribution in [2.75, 3.05) is 0 Å². The van der Waals surface area contributed by atoms with Crippen molar-refractivity contribution in [1.29, 1.82) is 0 Å². The Morgan fingerprint density at radius 3 is 1.69 bits per heavy atom. The van der Waals surface area contributed by atoms with Gasteiger partial charge in [0.15, 0.2) is 0 Å². The maximum absolute atomic E-state index is 2.38. The molecule has 1 atom stereocenters. The van der Waals surface area contributed by atoms with Gasteiger partial charge in [-0.1, -0.05) is 61.3 Å². The van der Waals surface area contributed by atoms with Gasteiger partial charge in [0.25, 0.3) is 0 Å². The molecule has 0 saturated carbocycles. The molecule has 0 aromatic heterocycles. The molecular weight excluding hydrogens is 156 g/mol. The van der Waals surface area contributed by atoms with Gasteiger partial charge in [0.2, 0.25) is 0 Å². The standard InChI is InChI=1S/C13H28/c1-11(13(5,6)7)9-8-10-12(2,3)4/h11H,8-10H2,1-7H3/t11-/m0/s1. The minimum atomic E-state index is 0.484. The van der Waals surface area contributed by atoms with Crippen LogP contribution < -0.4 is 0 Å². The topological polar surface area (TPSA) is 0 Å². The van der Waals surface area contributed by atoms with Gasteiger partial charge in [-0.15, -0.1) is 0 Å². The summed E-state index contributed by atoms with van der Waals surface area (Å²) in [7, 11) is 0. The van der Waals surface area contributed by atoms with E-state index in [1.165, 1.54) is 19.3 Å². The Kier molecular flexibility index (Phi) is 4.48. The number of rotatable bonds is 3. The molecule has 0 fully saturated rings. The van der Waals surface area contributed by atoms with Crippen LogP contribution in [0.4, 0.5) is 0 Å². The molecule has 0 bridgehead atoms. The van der Waals surface area contributed by atoms with Crippen LogP contribution in [0.1, 0.15) is 67.7 Å². The van der Waals surface area contributed by atoms with Crippen molar-refractivity contribution in [3.8, 4) is 0 Å². The minimum Gasteiger partial charge on any atom is -0.0620 e. The smallest absolute Gasteiger partial charge is 0.0357 e. The summed E-state index contributed by atoms with van der Waals surface area (Å²) in [4.78, 5) is 0. The van der Waals surface area contributed by atoms with Crippen LogP contribution in [0.2, 0.25) is 0 Å². The van der Waals surface area contributed by atoms with Gasteiger partial charge in [0.05, 0.1) is 0 Å². The van der Waals surface area contributed by atoms with E-state index < -0.39 is 0 Å². The van der Waals surface area contributed by atoms with E-state index in [1.54, 1.807) is 0 Å². The molecule has 0 N–H and O–H groups in total. The van der Waals surface area contributed by atoms with E-state index in [4.69, 9.17) is 0 Å². The van der Waals surface area contributed by atoms with Crippen molar-refractivity contribution in [2.45, 2.75) is 67.7 Å². The first kappa shape index (κ1) is 13.0. The zero-order chi connectivity index (χ0) is 10.7. The highest BCUT2D eigenvalue weighted by atomic mass is 14.3. The zero-order valence-corrected chi connectivity index (χ0v) is 10.7. The van der Waals surface area contributed by atoms with E-state index in [1.807, 2.05) is 0 Å². The lowest BCUT2D eigenvalue weighted by molar-refractivity contribution is 0.229. The van der Waals surface area contributed by atoms with E-state index >= 15 is 0 Å². The molecule has 0 radical (unpaired) electrons. The van der Waals surface area contributed by atoms with Crippen molar-refractivity contribution < 1.29 is 0 Å². The molecule has 0 aliphatic heterocycles. The van der Waals surface area contributed by atoms with Gasteiger partial charge in [-0.05, 0) is 23.2 Å². The zero-order valence-electron chi connectivity index (χ0n) is 10.7. The second-order valence-electron chi connectivity index (χ2n) is 6.72. The van der Waals surface area contributed by atoms with Crippen LogP contribution in [-0.4, -0.2) is 0 Å². The Hall–Kier alpha value is 0. The Labute approximate surface area is 85.1 Å². The molecule has 0 amide bonds. The molecule has 0 aliphatic carbocycles. The average Bonchev–Trinajstić information content (AvgIpc) is 1.82. The first-order chi connectivity index (χ1) is 5.63. The summed E-state index contributed by atoms with van der Waals surface area (Å²) in [5.41, 5.74) is 0.996. The molecule has 0 saturated heterocycles. The van der Waals surface area contributed by atoms with Crippen LogP contribution >= 0.6 is 0 Å². The summed E-state index contributed by atoms with van der Waals surface area (Å²) in [6.07, 6.45) is 4.11. The molecule has 0 aliphatic rings. The molecule has 0 heterocycles. The summed E-state index contributed by atoms with van der Waals surface area (Å²) in [5.74, 6) is 0.842. The third kappa shape index (κ3) is 7.10. The number of hydrogen-bond acceptors (Lipinski definition) is 0. The second-order valence-corrected chi connectivity index (χ2v) is 6.72. The van der Waals surface area contributed by atoms with Gasteiger partial charge in [0.1, 0.15) is 0 Å². The predicted octanol–water partition coefficient (Wildman–Crippen LogP) is 4.89. The molecule has 0 spiro atoms. The molecule has 13 heavy (non-hydrogen) atoms. The molecular formula is C13H28. The Bertz CT molecular complexity index is 131. The van der Waals surface area contributed by atoms with E-state index in [2.05, 4.69) is 48.5 Å². The van der Waals surface area contributed by atoms with Crippen molar-refractivity contribution in [3.05, 3.63) is 0 Å². The highest BCUT2D eigenvalue weighted by Gasteiger charge is 2.20. The summed E-state index contributed by atoms with van der Waals surface area (Å²) >= 11 is 0. The largest absolute Gasteiger partial charge is 0.0620 e. The fraction of sp³-hybridized carbons (Fsp3) is 1.00.